The zero-order chi connectivity index (χ0) is 21.8. The Labute approximate surface area is 177 Å². The molecule has 1 saturated heterocycles. The molecule has 1 fully saturated rings. The van der Waals surface area contributed by atoms with Gasteiger partial charge >= 0.3 is 12.1 Å². The molecular weight excluding hydrogens is 386 g/mol. The number of likely N-dealkylation sites (tertiary alicyclic amines) is 1. The molecule has 0 aliphatic carbocycles. The second kappa shape index (κ2) is 12.7. The van der Waals surface area contributed by atoms with E-state index in [4.69, 9.17) is 10.5 Å². The quantitative estimate of drug-likeness (QED) is 0.449. The molecule has 1 aromatic rings. The highest BCUT2D eigenvalue weighted by Crippen LogP contribution is 2.14. The van der Waals surface area contributed by atoms with Crippen LogP contribution < -0.4 is 21.7 Å². The van der Waals surface area contributed by atoms with Gasteiger partial charge in [-0.05, 0) is 44.2 Å². The number of nitrogens with zero attached hydrogens (tertiary/aromatic N) is 1. The number of carbonyl (C=O) groups excluding carboxylic acids is 3. The summed E-state index contributed by atoms with van der Waals surface area (Å²) < 4.78 is 5.28. The summed E-state index contributed by atoms with van der Waals surface area (Å²) in [5.74, 6) is -0.123. The number of hydrogen-bond donors (Lipinski definition) is 4. The van der Waals surface area contributed by atoms with E-state index in [2.05, 4.69) is 16.0 Å². The van der Waals surface area contributed by atoms with Gasteiger partial charge in [-0.1, -0.05) is 30.3 Å². The Morgan fingerprint density at radius 2 is 1.87 bits per heavy atom. The summed E-state index contributed by atoms with van der Waals surface area (Å²) in [7, 11) is 1.57. The monoisotopic (exact) mass is 419 g/mol. The third kappa shape index (κ3) is 7.90. The molecule has 1 heterocycles. The van der Waals surface area contributed by atoms with Gasteiger partial charge in [0.15, 0.2) is 0 Å². The molecule has 1 atom stereocenters. The summed E-state index contributed by atoms with van der Waals surface area (Å²) >= 11 is 0. The van der Waals surface area contributed by atoms with Crippen LogP contribution in [0.15, 0.2) is 30.3 Å². The standard InChI is InChI=1S/C21H33N5O4/c1-23-20(28)24-17-10-13-26(14-11-17)19(27)18(9-5-6-12-22)25-21(29)30-15-16-7-3-2-4-8-16/h2-4,7-8,17-18H,5-6,9-15,22H2,1H3,(H,25,29)(H2,23,24,28). The highest BCUT2D eigenvalue weighted by Gasteiger charge is 2.29. The van der Waals surface area contributed by atoms with E-state index in [1.54, 1.807) is 11.9 Å². The smallest absolute Gasteiger partial charge is 0.408 e. The summed E-state index contributed by atoms with van der Waals surface area (Å²) in [6.45, 7) is 1.74. The van der Waals surface area contributed by atoms with Crippen LogP contribution >= 0.6 is 0 Å². The Kier molecular flexibility index (Phi) is 9.93. The van der Waals surface area contributed by atoms with E-state index in [1.807, 2.05) is 30.3 Å². The number of rotatable bonds is 9. The number of piperidine rings is 1. The van der Waals surface area contributed by atoms with Gasteiger partial charge in [-0.25, -0.2) is 9.59 Å². The third-order valence-electron chi connectivity index (χ3n) is 5.12. The lowest BCUT2D eigenvalue weighted by Crippen LogP contribution is -2.53. The summed E-state index contributed by atoms with van der Waals surface area (Å²) in [5, 5.41) is 8.13. The first-order valence-electron chi connectivity index (χ1n) is 10.5. The first kappa shape index (κ1) is 23.5. The Morgan fingerprint density at radius 3 is 2.50 bits per heavy atom. The molecule has 2 rings (SSSR count). The Morgan fingerprint density at radius 1 is 1.17 bits per heavy atom. The number of alkyl carbamates (subject to hydrolysis) is 1. The number of amides is 4. The maximum Gasteiger partial charge on any atom is 0.408 e. The first-order valence-corrected chi connectivity index (χ1v) is 10.5. The maximum absolute atomic E-state index is 13.0. The topological polar surface area (TPSA) is 126 Å². The maximum atomic E-state index is 13.0. The van der Waals surface area contributed by atoms with E-state index < -0.39 is 12.1 Å². The molecule has 1 unspecified atom stereocenters. The van der Waals surface area contributed by atoms with E-state index >= 15 is 0 Å². The van der Waals surface area contributed by atoms with Crippen molar-refractivity contribution in [2.24, 2.45) is 5.73 Å². The van der Waals surface area contributed by atoms with E-state index in [0.717, 1.165) is 18.4 Å². The number of unbranched alkanes of at least 4 members (excludes halogenated alkanes) is 1. The van der Waals surface area contributed by atoms with Crippen LogP contribution in [-0.2, 0) is 16.1 Å². The average Bonchev–Trinajstić information content (AvgIpc) is 2.78. The van der Waals surface area contributed by atoms with E-state index in [-0.39, 0.29) is 24.6 Å². The van der Waals surface area contributed by atoms with Crippen LogP contribution in [0, 0.1) is 0 Å². The van der Waals surface area contributed by atoms with Crippen LogP contribution in [0.2, 0.25) is 0 Å². The van der Waals surface area contributed by atoms with Gasteiger partial charge in [-0.15, -0.1) is 0 Å². The molecule has 0 saturated carbocycles. The van der Waals surface area contributed by atoms with Crippen LogP contribution in [0.4, 0.5) is 9.59 Å². The van der Waals surface area contributed by atoms with Gasteiger partial charge in [0, 0.05) is 26.2 Å². The predicted octanol–water partition coefficient (Wildman–Crippen LogP) is 1.33. The number of nitrogens with two attached hydrogens (primary N) is 1. The summed E-state index contributed by atoms with van der Waals surface area (Å²) in [4.78, 5) is 38.5. The summed E-state index contributed by atoms with van der Waals surface area (Å²) in [5.41, 5.74) is 6.45. The second-order valence-electron chi connectivity index (χ2n) is 7.37. The normalized spacial score (nSPS) is 15.2. The molecule has 0 bridgehead atoms. The molecule has 9 nitrogen and oxygen atoms in total. The Bertz CT molecular complexity index is 677. The van der Waals surface area contributed by atoms with Crippen molar-refractivity contribution in [1.29, 1.82) is 0 Å². The fraction of sp³-hybridized carbons (Fsp3) is 0.571. The van der Waals surface area contributed by atoms with Crippen molar-refractivity contribution in [1.82, 2.24) is 20.9 Å². The average molecular weight is 420 g/mol. The zero-order valence-electron chi connectivity index (χ0n) is 17.6. The highest BCUT2D eigenvalue weighted by molar-refractivity contribution is 5.85. The lowest BCUT2D eigenvalue weighted by atomic mass is 10.0. The molecule has 0 aromatic heterocycles. The van der Waals surface area contributed by atoms with Crippen LogP contribution in [0.1, 0.15) is 37.7 Å². The number of benzene rings is 1. The Balaban J connectivity index is 1.87. The number of hydrogen-bond acceptors (Lipinski definition) is 5. The second-order valence-corrected chi connectivity index (χ2v) is 7.37. The fourth-order valence-corrected chi connectivity index (χ4v) is 3.38. The van der Waals surface area contributed by atoms with Crippen molar-refractivity contribution >= 4 is 18.0 Å². The SMILES string of the molecule is CNC(=O)NC1CCN(C(=O)C(CCCCN)NC(=O)OCc2ccccc2)CC1. The highest BCUT2D eigenvalue weighted by atomic mass is 16.5. The van der Waals surface area contributed by atoms with Crippen molar-refractivity contribution in [3.63, 3.8) is 0 Å². The number of carbonyl (C=O) groups is 3. The molecule has 166 valence electrons. The van der Waals surface area contributed by atoms with E-state index in [1.165, 1.54) is 0 Å². The number of nitrogens with one attached hydrogen (secondary N) is 3. The van der Waals surface area contributed by atoms with Crippen molar-refractivity contribution in [3.05, 3.63) is 35.9 Å². The van der Waals surface area contributed by atoms with Crippen molar-refractivity contribution in [3.8, 4) is 0 Å². The molecule has 0 spiro atoms. The minimum absolute atomic E-state index is 0.0356. The van der Waals surface area contributed by atoms with Crippen LogP contribution in [0.3, 0.4) is 0 Å². The van der Waals surface area contributed by atoms with Gasteiger partial charge in [0.25, 0.3) is 0 Å². The van der Waals surface area contributed by atoms with Gasteiger partial charge in [0.05, 0.1) is 0 Å². The number of ether oxygens (including phenoxy) is 1. The van der Waals surface area contributed by atoms with Crippen LogP contribution in [0.5, 0.6) is 0 Å². The lowest BCUT2D eigenvalue weighted by Gasteiger charge is -2.34. The van der Waals surface area contributed by atoms with Gasteiger partial charge < -0.3 is 31.3 Å². The third-order valence-corrected chi connectivity index (χ3v) is 5.12. The molecule has 9 heteroatoms. The molecule has 4 amide bonds. The predicted molar refractivity (Wildman–Crippen MR) is 114 cm³/mol. The van der Waals surface area contributed by atoms with E-state index in [9.17, 15) is 14.4 Å². The summed E-state index contributed by atoms with van der Waals surface area (Å²) in [6, 6.07) is 8.54. The molecule has 30 heavy (non-hydrogen) atoms. The van der Waals surface area contributed by atoms with Gasteiger partial charge in [-0.2, -0.15) is 0 Å². The number of urea groups is 1. The largest absolute Gasteiger partial charge is 0.445 e. The van der Waals surface area contributed by atoms with Crippen molar-refractivity contribution in [2.75, 3.05) is 26.7 Å². The first-order chi connectivity index (χ1) is 14.5. The van der Waals surface area contributed by atoms with Gasteiger partial charge in [0.2, 0.25) is 5.91 Å². The van der Waals surface area contributed by atoms with Gasteiger partial charge in [0.1, 0.15) is 12.6 Å². The van der Waals surface area contributed by atoms with Crippen LogP contribution in [0.25, 0.3) is 0 Å². The van der Waals surface area contributed by atoms with Gasteiger partial charge in [-0.3, -0.25) is 4.79 Å². The Hall–Kier alpha value is -2.81. The van der Waals surface area contributed by atoms with E-state index in [0.29, 0.717) is 38.9 Å². The fourth-order valence-electron chi connectivity index (χ4n) is 3.38. The molecule has 5 N–H and O–H groups in total. The molecule has 1 aromatic carbocycles. The molecule has 1 aliphatic heterocycles. The molecule has 1 aliphatic rings. The van der Waals surface area contributed by atoms with Crippen molar-refractivity contribution < 1.29 is 19.1 Å². The molecular formula is C21H33N5O4. The molecule has 0 radical (unpaired) electrons. The zero-order valence-corrected chi connectivity index (χ0v) is 17.6. The summed E-state index contributed by atoms with van der Waals surface area (Å²) in [6.07, 6.45) is 2.76. The lowest BCUT2D eigenvalue weighted by molar-refractivity contribution is -0.134. The van der Waals surface area contributed by atoms with Crippen LogP contribution in [-0.4, -0.2) is 61.7 Å². The minimum atomic E-state index is -0.650. The minimum Gasteiger partial charge on any atom is -0.445 e. The van der Waals surface area contributed by atoms with Crippen molar-refractivity contribution in [2.45, 2.75) is 50.8 Å².